The van der Waals surface area contributed by atoms with E-state index in [1.165, 1.54) is 12.8 Å². The summed E-state index contributed by atoms with van der Waals surface area (Å²) < 4.78 is 0. The molecule has 0 radical (unpaired) electrons. The molecule has 2 nitrogen and oxygen atoms in total. The molecule has 78 valence electrons. The normalized spacial score (nSPS) is 13.3. The Hall–Kier alpha value is -0.370. The zero-order chi connectivity index (χ0) is 10.3. The van der Waals surface area contributed by atoms with Gasteiger partial charge in [-0.15, -0.1) is 0 Å². The molecule has 1 N–H and O–H groups in total. The lowest BCUT2D eigenvalue weighted by Gasteiger charge is -2.12. The van der Waals surface area contributed by atoms with Crippen LogP contribution in [0.2, 0.25) is 0 Å². The summed E-state index contributed by atoms with van der Waals surface area (Å²) in [6, 6.07) is 0. The first-order chi connectivity index (χ1) is 6.09. The van der Waals surface area contributed by atoms with E-state index in [4.69, 9.17) is 0 Å². The summed E-state index contributed by atoms with van der Waals surface area (Å²) in [5.74, 6) is 0.0600. The molecule has 0 aliphatic rings. The average Bonchev–Trinajstić information content (AvgIpc) is 2.10. The number of aliphatic hydroxyl groups is 1. The van der Waals surface area contributed by atoms with Gasteiger partial charge in [-0.25, -0.2) is 0 Å². The van der Waals surface area contributed by atoms with Crippen LogP contribution in [0.15, 0.2) is 0 Å². The molecule has 1 unspecified atom stereocenters. The third-order valence-corrected chi connectivity index (χ3v) is 2.24. The van der Waals surface area contributed by atoms with Crippen LogP contribution in [0.3, 0.4) is 0 Å². The van der Waals surface area contributed by atoms with Gasteiger partial charge in [0.25, 0.3) is 0 Å². The zero-order valence-electron chi connectivity index (χ0n) is 9.05. The minimum absolute atomic E-state index is 0.00565. The lowest BCUT2D eigenvalue weighted by atomic mass is 9.99. The maximum atomic E-state index is 11.3. The molecular formula is C11H22O2. The van der Waals surface area contributed by atoms with E-state index >= 15 is 0 Å². The Morgan fingerprint density at radius 3 is 2.31 bits per heavy atom. The molecule has 0 rings (SSSR count). The van der Waals surface area contributed by atoms with Crippen molar-refractivity contribution in [3.8, 4) is 0 Å². The van der Waals surface area contributed by atoms with Gasteiger partial charge >= 0.3 is 0 Å². The predicted molar refractivity (Wildman–Crippen MR) is 54.6 cm³/mol. The number of carbonyl (C=O) groups is 1. The van der Waals surface area contributed by atoms with Crippen LogP contribution in [0.5, 0.6) is 0 Å². The molecule has 0 aromatic carbocycles. The largest absolute Gasteiger partial charge is 0.385 e. The topological polar surface area (TPSA) is 37.3 Å². The van der Waals surface area contributed by atoms with Gasteiger partial charge in [-0.2, -0.15) is 0 Å². The molecule has 0 heterocycles. The van der Waals surface area contributed by atoms with E-state index in [1.54, 1.807) is 0 Å². The highest BCUT2D eigenvalue weighted by atomic mass is 16.3. The van der Waals surface area contributed by atoms with E-state index in [0.29, 0.717) is 6.42 Å². The number of aliphatic hydroxyl groups excluding tert-OH is 1. The summed E-state index contributed by atoms with van der Waals surface area (Å²) in [4.78, 5) is 11.3. The molecule has 0 bridgehead atoms. The molecule has 2 heteroatoms. The molecule has 0 saturated heterocycles. The van der Waals surface area contributed by atoms with Gasteiger partial charge in [0, 0.05) is 6.42 Å². The first kappa shape index (κ1) is 12.6. The van der Waals surface area contributed by atoms with Crippen molar-refractivity contribution in [1.29, 1.82) is 0 Å². The summed E-state index contributed by atoms with van der Waals surface area (Å²) in [5.41, 5.74) is 0. The van der Waals surface area contributed by atoms with Crippen molar-refractivity contribution in [2.24, 2.45) is 5.92 Å². The lowest BCUT2D eigenvalue weighted by molar-refractivity contribution is -0.129. The SMILES string of the molecule is CCCCCCC(=O)C(O)C(C)C. The maximum Gasteiger partial charge on any atom is 0.161 e. The van der Waals surface area contributed by atoms with Crippen LogP contribution < -0.4 is 0 Å². The molecule has 0 saturated carbocycles. The molecule has 0 fully saturated rings. The average molecular weight is 186 g/mol. The van der Waals surface area contributed by atoms with E-state index in [2.05, 4.69) is 6.92 Å². The fourth-order valence-corrected chi connectivity index (χ4v) is 1.25. The number of rotatable bonds is 7. The fraction of sp³-hybridized carbons (Fsp3) is 0.909. The summed E-state index contributed by atoms with van der Waals surface area (Å²) in [6.07, 6.45) is 4.19. The van der Waals surface area contributed by atoms with E-state index in [-0.39, 0.29) is 11.7 Å². The molecule has 13 heavy (non-hydrogen) atoms. The molecular weight excluding hydrogens is 164 g/mol. The van der Waals surface area contributed by atoms with Crippen LogP contribution in [0.25, 0.3) is 0 Å². The number of ketones is 1. The van der Waals surface area contributed by atoms with Crippen LogP contribution in [0.4, 0.5) is 0 Å². The lowest BCUT2D eigenvalue weighted by Crippen LogP contribution is -2.25. The minimum atomic E-state index is -0.748. The van der Waals surface area contributed by atoms with Gasteiger partial charge in [-0.1, -0.05) is 40.0 Å². The molecule has 0 spiro atoms. The minimum Gasteiger partial charge on any atom is -0.385 e. The van der Waals surface area contributed by atoms with Crippen molar-refractivity contribution in [3.63, 3.8) is 0 Å². The summed E-state index contributed by atoms with van der Waals surface area (Å²) in [5, 5.41) is 9.40. The Morgan fingerprint density at radius 2 is 1.85 bits per heavy atom. The summed E-state index contributed by atoms with van der Waals surface area (Å²) >= 11 is 0. The third-order valence-electron chi connectivity index (χ3n) is 2.24. The summed E-state index contributed by atoms with van der Waals surface area (Å²) in [6.45, 7) is 5.88. The number of carbonyl (C=O) groups excluding carboxylic acids is 1. The second kappa shape index (κ2) is 7.07. The van der Waals surface area contributed by atoms with Gasteiger partial charge in [0.1, 0.15) is 6.10 Å². The summed E-state index contributed by atoms with van der Waals surface area (Å²) in [7, 11) is 0. The van der Waals surface area contributed by atoms with Gasteiger partial charge in [0.2, 0.25) is 0 Å². The molecule has 0 aliphatic carbocycles. The van der Waals surface area contributed by atoms with Crippen LogP contribution in [0, 0.1) is 5.92 Å². The predicted octanol–water partition coefficient (Wildman–Crippen LogP) is 2.54. The Balaban J connectivity index is 3.50. The van der Waals surface area contributed by atoms with E-state index in [9.17, 15) is 9.90 Å². The van der Waals surface area contributed by atoms with Crippen molar-refractivity contribution in [3.05, 3.63) is 0 Å². The van der Waals surface area contributed by atoms with Crippen LogP contribution >= 0.6 is 0 Å². The Morgan fingerprint density at radius 1 is 1.23 bits per heavy atom. The van der Waals surface area contributed by atoms with Crippen molar-refractivity contribution in [2.45, 2.75) is 59.0 Å². The highest BCUT2D eigenvalue weighted by molar-refractivity contribution is 5.82. The quantitative estimate of drug-likeness (QED) is 0.620. The van der Waals surface area contributed by atoms with E-state index < -0.39 is 6.10 Å². The second-order valence-corrected chi connectivity index (χ2v) is 3.97. The standard InChI is InChI=1S/C11H22O2/c1-4-5-6-7-8-10(12)11(13)9(2)3/h9,11,13H,4-8H2,1-3H3. The van der Waals surface area contributed by atoms with E-state index in [0.717, 1.165) is 12.8 Å². The van der Waals surface area contributed by atoms with Gasteiger partial charge < -0.3 is 5.11 Å². The molecule has 0 aromatic rings. The van der Waals surface area contributed by atoms with Gasteiger partial charge in [0.05, 0.1) is 0 Å². The highest BCUT2D eigenvalue weighted by Crippen LogP contribution is 2.09. The smallest absolute Gasteiger partial charge is 0.161 e. The van der Waals surface area contributed by atoms with Gasteiger partial charge in [-0.05, 0) is 12.3 Å². The van der Waals surface area contributed by atoms with Crippen LogP contribution in [-0.2, 0) is 4.79 Å². The van der Waals surface area contributed by atoms with Crippen molar-refractivity contribution >= 4 is 5.78 Å². The Kier molecular flexibility index (Phi) is 6.87. The van der Waals surface area contributed by atoms with Crippen molar-refractivity contribution in [1.82, 2.24) is 0 Å². The Bertz CT molecular complexity index is 141. The molecule has 0 aliphatic heterocycles. The molecule has 0 amide bonds. The maximum absolute atomic E-state index is 11.3. The number of unbranched alkanes of at least 4 members (excludes halogenated alkanes) is 3. The number of hydrogen-bond acceptors (Lipinski definition) is 2. The Labute approximate surface area is 81.3 Å². The zero-order valence-corrected chi connectivity index (χ0v) is 9.05. The van der Waals surface area contributed by atoms with Crippen LogP contribution in [0.1, 0.15) is 52.9 Å². The highest BCUT2D eigenvalue weighted by Gasteiger charge is 2.17. The first-order valence-corrected chi connectivity index (χ1v) is 5.30. The fourth-order valence-electron chi connectivity index (χ4n) is 1.25. The monoisotopic (exact) mass is 186 g/mol. The first-order valence-electron chi connectivity index (χ1n) is 5.30. The van der Waals surface area contributed by atoms with Crippen molar-refractivity contribution in [2.75, 3.05) is 0 Å². The molecule has 0 aromatic heterocycles. The number of hydrogen-bond donors (Lipinski definition) is 1. The van der Waals surface area contributed by atoms with Gasteiger partial charge in [-0.3, -0.25) is 4.79 Å². The number of Topliss-reactive ketones (excluding diaryl/α,β-unsaturated/α-hetero) is 1. The van der Waals surface area contributed by atoms with E-state index in [1.807, 2.05) is 13.8 Å². The van der Waals surface area contributed by atoms with Gasteiger partial charge in [0.15, 0.2) is 5.78 Å². The molecule has 1 atom stereocenters. The third kappa shape index (κ3) is 5.81. The van der Waals surface area contributed by atoms with Crippen LogP contribution in [-0.4, -0.2) is 17.0 Å². The second-order valence-electron chi connectivity index (χ2n) is 3.97. The van der Waals surface area contributed by atoms with Crippen molar-refractivity contribution < 1.29 is 9.90 Å².